The molecule has 1 aliphatic rings. The quantitative estimate of drug-likeness (QED) is 0.619. The van der Waals surface area contributed by atoms with Gasteiger partial charge in [0.15, 0.2) is 0 Å². The number of nitrogens with zero attached hydrogens (tertiary/aromatic N) is 4. The average molecular weight is 438 g/mol. The summed E-state index contributed by atoms with van der Waals surface area (Å²) in [7, 11) is 4.28. The molecule has 0 atom stereocenters. The summed E-state index contributed by atoms with van der Waals surface area (Å²) in [6.07, 6.45) is 5.18. The van der Waals surface area contributed by atoms with Gasteiger partial charge in [0.25, 0.3) is 0 Å². The number of halogens is 1. The molecule has 0 spiro atoms. The molecule has 0 saturated carbocycles. The molecular formula is C24H28ClN5O. The van der Waals surface area contributed by atoms with Crippen LogP contribution in [0.15, 0.2) is 48.7 Å². The first-order valence-electron chi connectivity index (χ1n) is 10.7. The third-order valence-electron chi connectivity index (χ3n) is 5.88. The first-order valence-corrected chi connectivity index (χ1v) is 11.1. The Morgan fingerprint density at radius 3 is 2.61 bits per heavy atom. The molecule has 2 aromatic carbocycles. The van der Waals surface area contributed by atoms with Crippen molar-refractivity contribution in [3.05, 3.63) is 59.2 Å². The number of benzene rings is 2. The van der Waals surface area contributed by atoms with Gasteiger partial charge in [-0.2, -0.15) is 0 Å². The summed E-state index contributed by atoms with van der Waals surface area (Å²) in [4.78, 5) is 26.2. The fourth-order valence-corrected chi connectivity index (χ4v) is 4.09. The van der Waals surface area contributed by atoms with Crippen LogP contribution in [-0.4, -0.2) is 54.0 Å². The van der Waals surface area contributed by atoms with Crippen LogP contribution in [0, 0.1) is 0 Å². The van der Waals surface area contributed by atoms with Crippen LogP contribution >= 0.6 is 11.6 Å². The third-order valence-corrected chi connectivity index (χ3v) is 6.13. The first-order chi connectivity index (χ1) is 15.0. The molecule has 1 saturated heterocycles. The van der Waals surface area contributed by atoms with Crippen molar-refractivity contribution in [1.29, 1.82) is 0 Å². The summed E-state index contributed by atoms with van der Waals surface area (Å²) in [6, 6.07) is 14.0. The number of hydrogen-bond donors (Lipinski definition) is 1. The highest BCUT2D eigenvalue weighted by Crippen LogP contribution is 2.23. The molecule has 31 heavy (non-hydrogen) atoms. The lowest BCUT2D eigenvalue weighted by atomic mass is 10.0. The minimum Gasteiger partial charge on any atom is -0.341 e. The van der Waals surface area contributed by atoms with Crippen LogP contribution in [0.25, 0.3) is 10.9 Å². The van der Waals surface area contributed by atoms with Crippen molar-refractivity contribution in [2.24, 2.45) is 0 Å². The van der Waals surface area contributed by atoms with Gasteiger partial charge < -0.3 is 15.1 Å². The molecule has 1 amide bonds. The van der Waals surface area contributed by atoms with Gasteiger partial charge in [-0.05, 0) is 69.3 Å². The number of amides is 1. The number of rotatable bonds is 6. The minimum atomic E-state index is -0.0180. The zero-order valence-corrected chi connectivity index (χ0v) is 18.8. The van der Waals surface area contributed by atoms with Crippen LogP contribution < -0.4 is 10.2 Å². The van der Waals surface area contributed by atoms with E-state index in [9.17, 15) is 4.79 Å². The largest absolute Gasteiger partial charge is 0.341 e. The van der Waals surface area contributed by atoms with Gasteiger partial charge in [0.1, 0.15) is 0 Å². The fourth-order valence-electron chi connectivity index (χ4n) is 3.97. The topological polar surface area (TPSA) is 61.4 Å². The average Bonchev–Trinajstić information content (AvgIpc) is 2.78. The number of anilines is 2. The molecule has 7 heteroatoms. The van der Waals surface area contributed by atoms with Crippen LogP contribution in [0.1, 0.15) is 24.8 Å². The second-order valence-corrected chi connectivity index (χ2v) is 8.74. The van der Waals surface area contributed by atoms with Crippen molar-refractivity contribution in [1.82, 2.24) is 14.9 Å². The number of hydrogen-bond acceptors (Lipinski definition) is 5. The van der Waals surface area contributed by atoms with Crippen molar-refractivity contribution < 1.29 is 4.79 Å². The molecule has 4 rings (SSSR count). The standard InChI is InChI=1S/C24H28ClN5O/c1-29(2)21-11-13-30(14-12-21)24-26-16-18-15-20(8-9-22(18)28-24)27-23(31)10-5-17-3-6-19(25)7-4-17/h3-4,6-9,15-16,21H,5,10-14H2,1-2H3,(H,27,31). The van der Waals surface area contributed by atoms with Gasteiger partial charge in [-0.15, -0.1) is 0 Å². The first kappa shape index (κ1) is 21.5. The lowest BCUT2D eigenvalue weighted by Gasteiger charge is -2.35. The van der Waals surface area contributed by atoms with Gasteiger partial charge in [-0.3, -0.25) is 4.79 Å². The molecule has 1 aliphatic heterocycles. The number of nitrogens with one attached hydrogen (secondary N) is 1. The normalized spacial score (nSPS) is 14.9. The highest BCUT2D eigenvalue weighted by molar-refractivity contribution is 6.30. The molecule has 3 aromatic rings. The van der Waals surface area contributed by atoms with Crippen molar-refractivity contribution >= 4 is 40.0 Å². The van der Waals surface area contributed by atoms with Crippen molar-refractivity contribution in [3.63, 3.8) is 0 Å². The smallest absolute Gasteiger partial charge is 0.225 e. The van der Waals surface area contributed by atoms with Crippen molar-refractivity contribution in [2.45, 2.75) is 31.7 Å². The van der Waals surface area contributed by atoms with E-state index in [0.717, 1.165) is 54.0 Å². The van der Waals surface area contributed by atoms with E-state index >= 15 is 0 Å². The molecule has 0 unspecified atom stereocenters. The summed E-state index contributed by atoms with van der Waals surface area (Å²) in [5.41, 5.74) is 2.74. The van der Waals surface area contributed by atoms with E-state index in [4.69, 9.17) is 16.6 Å². The molecule has 162 valence electrons. The Kier molecular flexibility index (Phi) is 6.68. The SMILES string of the molecule is CN(C)C1CCN(c2ncc3cc(NC(=O)CCc4ccc(Cl)cc4)ccc3n2)CC1. The summed E-state index contributed by atoms with van der Waals surface area (Å²) < 4.78 is 0. The number of fused-ring (bicyclic) bond motifs is 1. The number of aromatic nitrogens is 2. The fraction of sp³-hybridized carbons (Fsp3) is 0.375. The van der Waals surface area contributed by atoms with Gasteiger partial charge in [0.05, 0.1) is 5.52 Å². The number of carbonyl (C=O) groups excluding carboxylic acids is 1. The van der Waals surface area contributed by atoms with Gasteiger partial charge in [-0.1, -0.05) is 23.7 Å². The Labute approximate surface area is 188 Å². The Morgan fingerprint density at radius 2 is 1.90 bits per heavy atom. The van der Waals surface area contributed by atoms with Crippen LogP contribution in [0.3, 0.4) is 0 Å². The highest BCUT2D eigenvalue weighted by atomic mass is 35.5. The zero-order valence-electron chi connectivity index (χ0n) is 18.0. The molecule has 0 bridgehead atoms. The van der Waals surface area contributed by atoms with E-state index in [1.165, 1.54) is 0 Å². The summed E-state index contributed by atoms with van der Waals surface area (Å²) >= 11 is 5.91. The maximum absolute atomic E-state index is 12.3. The van der Waals surface area contributed by atoms with Gasteiger partial charge >= 0.3 is 0 Å². The third kappa shape index (κ3) is 5.51. The maximum atomic E-state index is 12.3. The van der Waals surface area contributed by atoms with Gasteiger partial charge in [-0.25, -0.2) is 9.97 Å². The summed E-state index contributed by atoms with van der Waals surface area (Å²) in [5.74, 6) is 0.764. The predicted octanol–water partition coefficient (Wildman–Crippen LogP) is 4.38. The lowest BCUT2D eigenvalue weighted by Crippen LogP contribution is -2.42. The predicted molar refractivity (Wildman–Crippen MR) is 127 cm³/mol. The summed E-state index contributed by atoms with van der Waals surface area (Å²) in [5, 5.41) is 4.59. The van der Waals surface area contributed by atoms with Crippen LogP contribution in [0.2, 0.25) is 5.02 Å². The van der Waals surface area contributed by atoms with Crippen LogP contribution in [0.4, 0.5) is 11.6 Å². The van der Waals surface area contributed by atoms with E-state index in [1.54, 1.807) is 0 Å². The molecule has 2 heterocycles. The molecule has 1 aromatic heterocycles. The Balaban J connectivity index is 1.36. The second-order valence-electron chi connectivity index (χ2n) is 8.30. The van der Waals surface area contributed by atoms with E-state index in [-0.39, 0.29) is 5.91 Å². The molecule has 0 aliphatic carbocycles. The molecule has 6 nitrogen and oxygen atoms in total. The number of aryl methyl sites for hydroxylation is 1. The van der Waals surface area contributed by atoms with Crippen molar-refractivity contribution in [2.75, 3.05) is 37.4 Å². The minimum absolute atomic E-state index is 0.0180. The Morgan fingerprint density at radius 1 is 1.16 bits per heavy atom. The Bertz CT molecular complexity index is 1050. The van der Waals surface area contributed by atoms with Gasteiger partial charge in [0, 0.05) is 47.8 Å². The summed E-state index contributed by atoms with van der Waals surface area (Å²) in [6.45, 7) is 1.94. The monoisotopic (exact) mass is 437 g/mol. The number of carbonyl (C=O) groups is 1. The van der Waals surface area contributed by atoms with E-state index in [0.29, 0.717) is 23.9 Å². The molecular weight excluding hydrogens is 410 g/mol. The van der Waals surface area contributed by atoms with E-state index < -0.39 is 0 Å². The number of piperidine rings is 1. The molecule has 1 fully saturated rings. The van der Waals surface area contributed by atoms with E-state index in [1.807, 2.05) is 48.7 Å². The second kappa shape index (κ2) is 9.62. The van der Waals surface area contributed by atoms with Crippen LogP contribution in [-0.2, 0) is 11.2 Å². The van der Waals surface area contributed by atoms with Crippen molar-refractivity contribution in [3.8, 4) is 0 Å². The van der Waals surface area contributed by atoms with E-state index in [2.05, 4.69) is 34.2 Å². The lowest BCUT2D eigenvalue weighted by molar-refractivity contribution is -0.116. The molecule has 1 N–H and O–H groups in total. The zero-order chi connectivity index (χ0) is 21.8. The Hall–Kier alpha value is -2.70. The maximum Gasteiger partial charge on any atom is 0.225 e. The van der Waals surface area contributed by atoms with Crippen LogP contribution in [0.5, 0.6) is 0 Å². The molecule has 0 radical (unpaired) electrons. The highest BCUT2D eigenvalue weighted by Gasteiger charge is 2.22. The van der Waals surface area contributed by atoms with Gasteiger partial charge in [0.2, 0.25) is 11.9 Å².